The highest BCUT2D eigenvalue weighted by atomic mass is 35.5. The van der Waals surface area contributed by atoms with E-state index < -0.39 is 0 Å². The summed E-state index contributed by atoms with van der Waals surface area (Å²) in [6.45, 7) is 3.01. The lowest BCUT2D eigenvalue weighted by atomic mass is 10.0. The molecule has 2 N–H and O–H groups in total. The lowest BCUT2D eigenvalue weighted by Crippen LogP contribution is -2.46. The fourth-order valence-electron chi connectivity index (χ4n) is 2.16. The maximum atomic E-state index is 13.0. The normalized spacial score (nSPS) is 23.0. The topological polar surface area (TPSA) is 41.1 Å². The first-order chi connectivity index (χ1) is 8.15. The third-order valence-electron chi connectivity index (χ3n) is 3.05. The zero-order valence-corrected chi connectivity index (χ0v) is 11.1. The Kier molecular flexibility index (Phi) is 5.56. The van der Waals surface area contributed by atoms with E-state index in [2.05, 4.69) is 17.6 Å². The quantitative estimate of drug-likeness (QED) is 0.866. The zero-order chi connectivity index (χ0) is 12.3. The largest absolute Gasteiger partial charge is 0.349 e. The third-order valence-corrected chi connectivity index (χ3v) is 3.05. The van der Waals surface area contributed by atoms with E-state index in [-0.39, 0.29) is 30.2 Å². The highest BCUT2D eigenvalue weighted by Crippen LogP contribution is 2.10. The Hall–Kier alpha value is -1.13. The van der Waals surface area contributed by atoms with Crippen molar-refractivity contribution in [3.63, 3.8) is 0 Å². The van der Waals surface area contributed by atoms with E-state index in [1.165, 1.54) is 12.1 Å². The van der Waals surface area contributed by atoms with Crippen molar-refractivity contribution >= 4 is 18.3 Å². The van der Waals surface area contributed by atoms with E-state index >= 15 is 0 Å². The summed E-state index contributed by atoms with van der Waals surface area (Å²) < 4.78 is 13.0. The molecule has 1 aromatic carbocycles. The summed E-state index contributed by atoms with van der Waals surface area (Å²) in [4.78, 5) is 11.9. The van der Waals surface area contributed by atoms with Gasteiger partial charge in [0.1, 0.15) is 5.82 Å². The molecule has 100 valence electrons. The Balaban J connectivity index is 0.00000162. The van der Waals surface area contributed by atoms with Crippen molar-refractivity contribution in [1.29, 1.82) is 0 Å². The first-order valence-corrected chi connectivity index (χ1v) is 5.95. The number of rotatable bonds is 2. The number of nitrogens with one attached hydrogen (secondary N) is 2. The molecule has 0 aromatic heterocycles. The van der Waals surface area contributed by atoms with Crippen LogP contribution in [0, 0.1) is 5.82 Å². The Morgan fingerprint density at radius 1 is 1.50 bits per heavy atom. The molecule has 3 nitrogen and oxygen atoms in total. The molecule has 1 amide bonds. The second-order valence-corrected chi connectivity index (χ2v) is 4.56. The van der Waals surface area contributed by atoms with Crippen LogP contribution in [0.15, 0.2) is 24.3 Å². The summed E-state index contributed by atoms with van der Waals surface area (Å²) in [5.74, 6) is -0.570. The Morgan fingerprint density at radius 2 is 2.28 bits per heavy atom. The number of carbonyl (C=O) groups excluding carboxylic acids is 1. The smallest absolute Gasteiger partial charge is 0.251 e. The van der Waals surface area contributed by atoms with Crippen LogP contribution in [0.25, 0.3) is 0 Å². The van der Waals surface area contributed by atoms with Gasteiger partial charge in [-0.25, -0.2) is 4.39 Å². The lowest BCUT2D eigenvalue weighted by molar-refractivity contribution is 0.0925. The Morgan fingerprint density at radius 3 is 2.94 bits per heavy atom. The molecule has 0 bridgehead atoms. The first kappa shape index (κ1) is 14.9. The fourth-order valence-corrected chi connectivity index (χ4v) is 2.16. The van der Waals surface area contributed by atoms with E-state index in [0.717, 1.165) is 19.4 Å². The predicted molar refractivity (Wildman–Crippen MR) is 71.6 cm³/mol. The van der Waals surface area contributed by atoms with Gasteiger partial charge in [0.2, 0.25) is 0 Å². The Labute approximate surface area is 113 Å². The van der Waals surface area contributed by atoms with Crippen molar-refractivity contribution in [2.24, 2.45) is 0 Å². The van der Waals surface area contributed by atoms with Crippen LogP contribution in [0.1, 0.15) is 30.1 Å². The average Bonchev–Trinajstić information content (AvgIpc) is 2.29. The van der Waals surface area contributed by atoms with Gasteiger partial charge in [-0.3, -0.25) is 4.79 Å². The summed E-state index contributed by atoms with van der Waals surface area (Å²) in [6.07, 6.45) is 1.84. The summed E-state index contributed by atoms with van der Waals surface area (Å²) in [7, 11) is 0. The van der Waals surface area contributed by atoms with Crippen LogP contribution in [0.5, 0.6) is 0 Å². The van der Waals surface area contributed by atoms with Crippen molar-refractivity contribution in [2.45, 2.75) is 31.8 Å². The minimum atomic E-state index is -0.378. The molecule has 0 radical (unpaired) electrons. The molecule has 2 atom stereocenters. The van der Waals surface area contributed by atoms with E-state index in [1.807, 2.05) is 0 Å². The highest BCUT2D eigenvalue weighted by Gasteiger charge is 2.20. The van der Waals surface area contributed by atoms with E-state index in [0.29, 0.717) is 11.6 Å². The molecule has 1 heterocycles. The molecular formula is C13H18ClFN2O. The number of amides is 1. The summed E-state index contributed by atoms with van der Waals surface area (Å²) in [5.41, 5.74) is 0.385. The molecule has 1 aliphatic rings. The maximum absolute atomic E-state index is 13.0. The van der Waals surface area contributed by atoms with Crippen molar-refractivity contribution < 1.29 is 9.18 Å². The SMILES string of the molecule is CC1CC(NC(=O)c2cccc(F)c2)CCN1.Cl. The molecule has 5 heteroatoms. The van der Waals surface area contributed by atoms with Gasteiger partial charge in [-0.1, -0.05) is 6.07 Å². The molecule has 1 aliphatic heterocycles. The van der Waals surface area contributed by atoms with Crippen LogP contribution in [0.4, 0.5) is 4.39 Å². The van der Waals surface area contributed by atoms with Gasteiger partial charge in [-0.15, -0.1) is 12.4 Å². The number of carbonyl (C=O) groups is 1. The molecule has 0 aliphatic carbocycles. The van der Waals surface area contributed by atoms with Crippen molar-refractivity contribution in [2.75, 3.05) is 6.54 Å². The van der Waals surface area contributed by atoms with Gasteiger partial charge in [0.15, 0.2) is 0 Å². The molecule has 1 fully saturated rings. The molecule has 1 saturated heterocycles. The number of halogens is 2. The molecule has 0 saturated carbocycles. The molecule has 1 aromatic rings. The monoisotopic (exact) mass is 272 g/mol. The van der Waals surface area contributed by atoms with Crippen molar-refractivity contribution in [1.82, 2.24) is 10.6 Å². The standard InChI is InChI=1S/C13H17FN2O.ClH/c1-9-7-12(5-6-15-9)16-13(17)10-3-2-4-11(14)8-10;/h2-4,8-9,12,15H,5-7H2,1H3,(H,16,17);1H. The second-order valence-electron chi connectivity index (χ2n) is 4.56. The minimum Gasteiger partial charge on any atom is -0.349 e. The highest BCUT2D eigenvalue weighted by molar-refractivity contribution is 5.94. The summed E-state index contributed by atoms with van der Waals surface area (Å²) in [5, 5.41) is 6.27. The van der Waals surface area contributed by atoms with Crippen LogP contribution in [0.2, 0.25) is 0 Å². The van der Waals surface area contributed by atoms with E-state index in [9.17, 15) is 9.18 Å². The van der Waals surface area contributed by atoms with Crippen LogP contribution in [-0.4, -0.2) is 24.5 Å². The lowest BCUT2D eigenvalue weighted by Gasteiger charge is -2.28. The van der Waals surface area contributed by atoms with Crippen LogP contribution >= 0.6 is 12.4 Å². The number of hydrogen-bond donors (Lipinski definition) is 2. The third kappa shape index (κ3) is 3.96. The molecule has 2 rings (SSSR count). The maximum Gasteiger partial charge on any atom is 0.251 e. The van der Waals surface area contributed by atoms with Crippen molar-refractivity contribution in [3.8, 4) is 0 Å². The molecule has 18 heavy (non-hydrogen) atoms. The Bertz CT molecular complexity index is 414. The zero-order valence-electron chi connectivity index (χ0n) is 10.3. The number of benzene rings is 1. The van der Waals surface area contributed by atoms with Gasteiger partial charge in [0.05, 0.1) is 0 Å². The first-order valence-electron chi connectivity index (χ1n) is 5.95. The van der Waals surface area contributed by atoms with Gasteiger partial charge in [0, 0.05) is 17.6 Å². The fraction of sp³-hybridized carbons (Fsp3) is 0.462. The average molecular weight is 273 g/mol. The van der Waals surface area contributed by atoms with Gasteiger partial charge >= 0.3 is 0 Å². The van der Waals surface area contributed by atoms with Crippen LogP contribution < -0.4 is 10.6 Å². The van der Waals surface area contributed by atoms with E-state index in [1.54, 1.807) is 12.1 Å². The minimum absolute atomic E-state index is 0. The number of hydrogen-bond acceptors (Lipinski definition) is 2. The van der Waals surface area contributed by atoms with Crippen molar-refractivity contribution in [3.05, 3.63) is 35.6 Å². The second kappa shape index (κ2) is 6.71. The number of piperidine rings is 1. The van der Waals surface area contributed by atoms with E-state index in [4.69, 9.17) is 0 Å². The summed E-state index contributed by atoms with van der Waals surface area (Å²) >= 11 is 0. The molecule has 0 spiro atoms. The van der Waals surface area contributed by atoms with Crippen LogP contribution in [0.3, 0.4) is 0 Å². The molecular weight excluding hydrogens is 255 g/mol. The van der Waals surface area contributed by atoms with Gasteiger partial charge in [-0.2, -0.15) is 0 Å². The van der Waals surface area contributed by atoms with Gasteiger partial charge in [-0.05, 0) is 44.5 Å². The molecule has 2 unspecified atom stereocenters. The van der Waals surface area contributed by atoms with Crippen LogP contribution in [-0.2, 0) is 0 Å². The van der Waals surface area contributed by atoms with Gasteiger partial charge < -0.3 is 10.6 Å². The van der Waals surface area contributed by atoms with Gasteiger partial charge in [0.25, 0.3) is 5.91 Å². The predicted octanol–water partition coefficient (Wildman–Crippen LogP) is 2.12. The summed E-state index contributed by atoms with van der Waals surface area (Å²) in [6, 6.07) is 6.38.